The third kappa shape index (κ3) is 2.21. The van der Waals surface area contributed by atoms with Gasteiger partial charge >= 0.3 is 0 Å². The van der Waals surface area contributed by atoms with Gasteiger partial charge in [-0.3, -0.25) is 4.79 Å². The molecule has 0 fully saturated rings. The Morgan fingerprint density at radius 1 is 1.37 bits per heavy atom. The van der Waals surface area contributed by atoms with E-state index in [9.17, 15) is 4.79 Å². The van der Waals surface area contributed by atoms with Gasteiger partial charge in [0.2, 0.25) is 0 Å². The number of nitrogens with zero attached hydrogens (tertiary/aromatic N) is 1. The molecule has 2 heterocycles. The molecule has 1 amide bonds. The summed E-state index contributed by atoms with van der Waals surface area (Å²) in [6.45, 7) is 0. The van der Waals surface area contributed by atoms with Crippen LogP contribution < -0.4 is 10.6 Å². The number of hydrogen-bond acceptors (Lipinski definition) is 3. The van der Waals surface area contributed by atoms with Gasteiger partial charge in [0.15, 0.2) is 0 Å². The van der Waals surface area contributed by atoms with E-state index in [2.05, 4.69) is 46.0 Å². The van der Waals surface area contributed by atoms with Crippen LogP contribution in [0.1, 0.15) is 5.69 Å². The first-order valence-electron chi connectivity index (χ1n) is 6.12. The molecule has 1 atom stereocenters. The van der Waals surface area contributed by atoms with Crippen molar-refractivity contribution in [3.63, 3.8) is 0 Å². The molecule has 0 radical (unpaired) electrons. The average molecular weight is 273 g/mol. The summed E-state index contributed by atoms with van der Waals surface area (Å²) in [5.41, 5.74) is 2.70. The van der Waals surface area contributed by atoms with E-state index in [0.29, 0.717) is 6.42 Å². The summed E-state index contributed by atoms with van der Waals surface area (Å²) in [6, 6.07) is 10.3. The van der Waals surface area contributed by atoms with E-state index < -0.39 is 0 Å². The number of aryl methyl sites for hydroxylation is 1. The predicted molar refractivity (Wildman–Crippen MR) is 78.8 cm³/mol. The van der Waals surface area contributed by atoms with Crippen molar-refractivity contribution in [3.05, 3.63) is 47.8 Å². The van der Waals surface area contributed by atoms with E-state index >= 15 is 0 Å². The molecule has 1 aliphatic rings. The van der Waals surface area contributed by atoms with Gasteiger partial charge in [0.05, 0.1) is 0 Å². The van der Waals surface area contributed by atoms with Crippen LogP contribution in [0.25, 0.3) is 10.9 Å². The molecule has 3 rings (SSSR count). The lowest BCUT2D eigenvalue weighted by molar-refractivity contribution is -0.118. The van der Waals surface area contributed by atoms with Crippen LogP contribution in [-0.4, -0.2) is 16.0 Å². The van der Waals surface area contributed by atoms with E-state index in [-0.39, 0.29) is 11.4 Å². The minimum Gasteiger partial charge on any atom is -0.363 e. The van der Waals surface area contributed by atoms with Crippen molar-refractivity contribution in [1.82, 2.24) is 15.2 Å². The van der Waals surface area contributed by atoms with Gasteiger partial charge in [0, 0.05) is 36.5 Å². The number of carbonyl (C=O) groups excluding carboxylic acids is 1. The third-order valence-electron chi connectivity index (χ3n) is 3.40. The molecule has 1 unspecified atom stereocenters. The van der Waals surface area contributed by atoms with Gasteiger partial charge in [0.1, 0.15) is 5.50 Å². The molecule has 0 saturated heterocycles. The van der Waals surface area contributed by atoms with Crippen LogP contribution in [0, 0.1) is 0 Å². The Kier molecular flexibility index (Phi) is 2.98. The molecule has 98 valence electrons. The Morgan fingerprint density at radius 2 is 2.16 bits per heavy atom. The number of thiol groups is 1. The molecule has 5 heteroatoms. The van der Waals surface area contributed by atoms with Crippen molar-refractivity contribution < 1.29 is 4.79 Å². The zero-order valence-corrected chi connectivity index (χ0v) is 11.4. The maximum Gasteiger partial charge on any atom is 0.251 e. The molecule has 1 aromatic heterocycles. The first-order valence-corrected chi connectivity index (χ1v) is 6.64. The van der Waals surface area contributed by atoms with Gasteiger partial charge in [0.25, 0.3) is 5.91 Å². The van der Waals surface area contributed by atoms with E-state index in [0.717, 1.165) is 11.3 Å². The lowest BCUT2D eigenvalue weighted by Gasteiger charge is -2.21. The monoisotopic (exact) mass is 273 g/mol. The van der Waals surface area contributed by atoms with Crippen molar-refractivity contribution in [1.29, 1.82) is 0 Å². The first-order chi connectivity index (χ1) is 9.15. The largest absolute Gasteiger partial charge is 0.363 e. The summed E-state index contributed by atoms with van der Waals surface area (Å²) in [6.07, 6.45) is 2.35. The lowest BCUT2D eigenvalue weighted by Crippen LogP contribution is -2.44. The molecule has 1 aromatic carbocycles. The molecule has 0 spiro atoms. The number of fused-ring (bicyclic) bond motifs is 1. The van der Waals surface area contributed by atoms with Crippen LogP contribution in [0.2, 0.25) is 0 Å². The summed E-state index contributed by atoms with van der Waals surface area (Å²) >= 11 is 4.16. The Labute approximate surface area is 116 Å². The second-order valence-corrected chi connectivity index (χ2v) is 5.16. The summed E-state index contributed by atoms with van der Waals surface area (Å²) in [4.78, 5) is 11.9. The molecule has 4 nitrogen and oxygen atoms in total. The Bertz CT molecular complexity index is 674. The van der Waals surface area contributed by atoms with Crippen LogP contribution >= 0.6 is 12.6 Å². The quantitative estimate of drug-likeness (QED) is 0.727. The van der Waals surface area contributed by atoms with Gasteiger partial charge < -0.3 is 15.2 Å². The molecule has 0 saturated carbocycles. The second-order valence-electron chi connectivity index (χ2n) is 4.64. The van der Waals surface area contributed by atoms with Crippen LogP contribution in [0.15, 0.2) is 42.1 Å². The highest BCUT2D eigenvalue weighted by Gasteiger charge is 2.19. The van der Waals surface area contributed by atoms with Crippen LogP contribution in [0.4, 0.5) is 0 Å². The fourth-order valence-corrected chi connectivity index (χ4v) is 2.54. The number of para-hydroxylation sites is 1. The molecular formula is C14H15N3OS. The van der Waals surface area contributed by atoms with Gasteiger partial charge in [-0.2, -0.15) is 0 Å². The number of aromatic nitrogens is 1. The summed E-state index contributed by atoms with van der Waals surface area (Å²) < 4.78 is 2.12. The van der Waals surface area contributed by atoms with Crippen molar-refractivity contribution >= 4 is 29.4 Å². The van der Waals surface area contributed by atoms with Gasteiger partial charge in [-0.1, -0.05) is 18.2 Å². The zero-order valence-electron chi connectivity index (χ0n) is 10.6. The number of rotatable bonds is 2. The van der Waals surface area contributed by atoms with Gasteiger partial charge in [-0.15, -0.1) is 12.6 Å². The minimum absolute atomic E-state index is 0.0657. The molecule has 19 heavy (non-hydrogen) atoms. The number of nitrogens with one attached hydrogen (secondary N) is 2. The Balaban J connectivity index is 1.94. The van der Waals surface area contributed by atoms with Crippen LogP contribution in [-0.2, 0) is 18.3 Å². The van der Waals surface area contributed by atoms with E-state index in [1.807, 2.05) is 19.2 Å². The summed E-state index contributed by atoms with van der Waals surface area (Å²) in [5, 5.41) is 6.93. The maximum atomic E-state index is 11.9. The molecule has 1 aliphatic heterocycles. The number of carbonyl (C=O) groups is 1. The molecule has 0 aliphatic carbocycles. The van der Waals surface area contributed by atoms with Crippen molar-refractivity contribution in [2.75, 3.05) is 0 Å². The fraction of sp³-hybridized carbons (Fsp3) is 0.214. The third-order valence-corrected chi connectivity index (χ3v) is 3.68. The molecule has 0 bridgehead atoms. The number of amides is 1. The molecule has 2 aromatic rings. The molecule has 2 N–H and O–H groups in total. The van der Waals surface area contributed by atoms with Crippen molar-refractivity contribution in [2.24, 2.45) is 7.05 Å². The zero-order chi connectivity index (χ0) is 13.4. The van der Waals surface area contributed by atoms with E-state index in [4.69, 9.17) is 0 Å². The Hall–Kier alpha value is -1.88. The first kappa shape index (κ1) is 12.2. The lowest BCUT2D eigenvalue weighted by atomic mass is 10.1. The highest BCUT2D eigenvalue weighted by Crippen LogP contribution is 2.21. The minimum atomic E-state index is -0.302. The SMILES string of the molecule is Cn1c(CC2=CNC(S)NC2=O)cc2ccccc21. The maximum absolute atomic E-state index is 11.9. The summed E-state index contributed by atoms with van der Waals surface area (Å²) in [5.74, 6) is -0.0657. The highest BCUT2D eigenvalue weighted by atomic mass is 32.1. The average Bonchev–Trinajstić information content (AvgIpc) is 2.70. The topological polar surface area (TPSA) is 46.1 Å². The summed E-state index contributed by atoms with van der Waals surface area (Å²) in [7, 11) is 2.02. The standard InChI is InChI=1S/C14H15N3OS/c1-17-11(6-9-4-2-3-5-12(9)17)7-10-8-15-14(19)16-13(10)18/h2-6,8,14-15,19H,7H2,1H3,(H,16,18). The molecular weight excluding hydrogens is 258 g/mol. The second kappa shape index (κ2) is 4.66. The fourth-order valence-electron chi connectivity index (χ4n) is 2.35. The van der Waals surface area contributed by atoms with Gasteiger partial charge in [-0.05, 0) is 17.5 Å². The predicted octanol–water partition coefficient (Wildman–Crippen LogP) is 1.54. The normalized spacial score (nSPS) is 18.9. The van der Waals surface area contributed by atoms with Crippen LogP contribution in [0.3, 0.4) is 0 Å². The van der Waals surface area contributed by atoms with Gasteiger partial charge in [-0.25, -0.2) is 0 Å². The highest BCUT2D eigenvalue weighted by molar-refractivity contribution is 7.80. The smallest absolute Gasteiger partial charge is 0.251 e. The Morgan fingerprint density at radius 3 is 2.89 bits per heavy atom. The number of hydrogen-bond donors (Lipinski definition) is 3. The van der Waals surface area contributed by atoms with E-state index in [1.54, 1.807) is 6.20 Å². The van der Waals surface area contributed by atoms with Crippen molar-refractivity contribution in [3.8, 4) is 0 Å². The van der Waals surface area contributed by atoms with Crippen LogP contribution in [0.5, 0.6) is 0 Å². The van der Waals surface area contributed by atoms with Crippen molar-refractivity contribution in [2.45, 2.75) is 11.9 Å². The van der Waals surface area contributed by atoms with E-state index in [1.165, 1.54) is 10.9 Å². The number of benzene rings is 1.